The highest BCUT2D eigenvalue weighted by Crippen LogP contribution is 2.47. The minimum Gasteiger partial charge on any atom is -0.348 e. The number of alkyl halides is 1. The Bertz CT molecular complexity index is 191. The van der Waals surface area contributed by atoms with Gasteiger partial charge in [0.15, 0.2) is 5.79 Å². The molecule has 1 unspecified atom stereocenters. The molecule has 1 spiro atoms. The maximum absolute atomic E-state index is 13.1. The van der Waals surface area contributed by atoms with Crippen LogP contribution in [0.1, 0.15) is 39.0 Å². The summed E-state index contributed by atoms with van der Waals surface area (Å²) in [6.07, 6.45) is 4.58. The molecule has 14 heavy (non-hydrogen) atoms. The van der Waals surface area contributed by atoms with Crippen molar-refractivity contribution < 1.29 is 13.9 Å². The van der Waals surface area contributed by atoms with Crippen LogP contribution in [0.25, 0.3) is 0 Å². The molecule has 0 aromatic heterocycles. The lowest BCUT2D eigenvalue weighted by molar-refractivity contribution is -0.204. The number of ether oxygens (including phenoxy) is 2. The molecule has 1 atom stereocenters. The van der Waals surface area contributed by atoms with Crippen LogP contribution in [0, 0.1) is 5.41 Å². The van der Waals surface area contributed by atoms with E-state index >= 15 is 0 Å². The molecule has 1 aliphatic heterocycles. The van der Waals surface area contributed by atoms with Gasteiger partial charge in [0.2, 0.25) is 0 Å². The molecule has 2 fully saturated rings. The number of halogens is 1. The first-order valence-electron chi connectivity index (χ1n) is 5.58. The van der Waals surface area contributed by atoms with E-state index < -0.39 is 5.79 Å². The lowest BCUT2D eigenvalue weighted by Crippen LogP contribution is -2.43. The molecule has 0 amide bonds. The van der Waals surface area contributed by atoms with E-state index in [9.17, 15) is 4.39 Å². The highest BCUT2D eigenvalue weighted by molar-refractivity contribution is 4.91. The summed E-state index contributed by atoms with van der Waals surface area (Å²) in [6.45, 7) is 3.17. The summed E-state index contributed by atoms with van der Waals surface area (Å²) in [7, 11) is 0. The van der Waals surface area contributed by atoms with Gasteiger partial charge in [-0.3, -0.25) is 4.39 Å². The third-order valence-electron chi connectivity index (χ3n) is 3.76. The standard InChI is InChI=1S/C11H19FO2/c1-2-10(9-12)4-3-5-11(8-10)13-6-7-14-11/h2-9H2,1H3. The third-order valence-corrected chi connectivity index (χ3v) is 3.76. The van der Waals surface area contributed by atoms with Crippen LogP contribution in [-0.2, 0) is 9.47 Å². The summed E-state index contributed by atoms with van der Waals surface area (Å²) in [5.41, 5.74) is -0.178. The molecule has 0 N–H and O–H groups in total. The predicted molar refractivity (Wildman–Crippen MR) is 51.8 cm³/mol. The Hall–Kier alpha value is -0.150. The Morgan fingerprint density at radius 3 is 2.50 bits per heavy atom. The van der Waals surface area contributed by atoms with Crippen LogP contribution < -0.4 is 0 Å². The van der Waals surface area contributed by atoms with E-state index in [2.05, 4.69) is 6.92 Å². The van der Waals surface area contributed by atoms with Crippen molar-refractivity contribution in [2.75, 3.05) is 19.9 Å². The molecule has 0 aromatic rings. The van der Waals surface area contributed by atoms with E-state index in [0.29, 0.717) is 13.2 Å². The molecule has 1 saturated heterocycles. The van der Waals surface area contributed by atoms with Crippen molar-refractivity contribution in [3.05, 3.63) is 0 Å². The maximum Gasteiger partial charge on any atom is 0.169 e. The van der Waals surface area contributed by atoms with E-state index in [4.69, 9.17) is 9.47 Å². The summed E-state index contributed by atoms with van der Waals surface area (Å²) < 4.78 is 24.4. The van der Waals surface area contributed by atoms with Crippen LogP contribution in [0.15, 0.2) is 0 Å². The second kappa shape index (κ2) is 3.78. The van der Waals surface area contributed by atoms with Gasteiger partial charge in [0.25, 0.3) is 0 Å². The molecule has 2 aliphatic rings. The zero-order chi connectivity index (χ0) is 10.1. The quantitative estimate of drug-likeness (QED) is 0.685. The fourth-order valence-electron chi connectivity index (χ4n) is 2.73. The van der Waals surface area contributed by atoms with E-state index in [1.54, 1.807) is 0 Å². The molecule has 0 aromatic carbocycles. The topological polar surface area (TPSA) is 18.5 Å². The largest absolute Gasteiger partial charge is 0.348 e. The van der Waals surface area contributed by atoms with Gasteiger partial charge in [-0.2, -0.15) is 0 Å². The Kier molecular flexibility index (Phi) is 2.80. The molecule has 1 saturated carbocycles. The van der Waals surface area contributed by atoms with Gasteiger partial charge in [-0.15, -0.1) is 0 Å². The fraction of sp³-hybridized carbons (Fsp3) is 1.00. The first-order valence-corrected chi connectivity index (χ1v) is 5.58. The summed E-state index contributed by atoms with van der Waals surface area (Å²) in [6, 6.07) is 0. The summed E-state index contributed by atoms with van der Waals surface area (Å²) in [4.78, 5) is 0. The Morgan fingerprint density at radius 2 is 1.93 bits per heavy atom. The second-order valence-corrected chi connectivity index (χ2v) is 4.63. The minimum atomic E-state index is -0.430. The SMILES string of the molecule is CCC1(CF)CCCC2(C1)OCCO2. The van der Waals surface area contributed by atoms with Crippen molar-refractivity contribution in [3.8, 4) is 0 Å². The van der Waals surface area contributed by atoms with Crippen LogP contribution in [0.5, 0.6) is 0 Å². The van der Waals surface area contributed by atoms with Crippen LogP contribution >= 0.6 is 0 Å². The lowest BCUT2D eigenvalue weighted by atomic mass is 9.70. The van der Waals surface area contributed by atoms with Crippen LogP contribution in [0.4, 0.5) is 4.39 Å². The van der Waals surface area contributed by atoms with Gasteiger partial charge < -0.3 is 9.47 Å². The number of hydrogen-bond donors (Lipinski definition) is 0. The number of hydrogen-bond acceptors (Lipinski definition) is 2. The molecular weight excluding hydrogens is 183 g/mol. The second-order valence-electron chi connectivity index (χ2n) is 4.63. The van der Waals surface area contributed by atoms with Crippen LogP contribution in [-0.4, -0.2) is 25.7 Å². The van der Waals surface area contributed by atoms with Gasteiger partial charge in [0.05, 0.1) is 19.9 Å². The van der Waals surface area contributed by atoms with E-state index in [0.717, 1.165) is 32.1 Å². The van der Waals surface area contributed by atoms with Gasteiger partial charge >= 0.3 is 0 Å². The molecule has 0 bridgehead atoms. The zero-order valence-electron chi connectivity index (χ0n) is 8.85. The molecule has 82 valence electrons. The normalized spacial score (nSPS) is 36.4. The van der Waals surface area contributed by atoms with Gasteiger partial charge in [-0.1, -0.05) is 6.92 Å². The molecule has 2 nitrogen and oxygen atoms in total. The van der Waals surface area contributed by atoms with E-state index in [-0.39, 0.29) is 12.1 Å². The maximum atomic E-state index is 13.1. The first-order chi connectivity index (χ1) is 6.74. The van der Waals surface area contributed by atoms with Crippen molar-refractivity contribution in [2.24, 2.45) is 5.41 Å². The lowest BCUT2D eigenvalue weighted by Gasteiger charge is -2.43. The average Bonchev–Trinajstić information content (AvgIpc) is 2.66. The highest BCUT2D eigenvalue weighted by Gasteiger charge is 2.47. The van der Waals surface area contributed by atoms with Crippen molar-refractivity contribution in [1.29, 1.82) is 0 Å². The van der Waals surface area contributed by atoms with Gasteiger partial charge in [0, 0.05) is 18.3 Å². The Balaban J connectivity index is 2.09. The van der Waals surface area contributed by atoms with Gasteiger partial charge in [-0.25, -0.2) is 0 Å². The smallest absolute Gasteiger partial charge is 0.169 e. The summed E-state index contributed by atoms with van der Waals surface area (Å²) >= 11 is 0. The molecule has 0 radical (unpaired) electrons. The van der Waals surface area contributed by atoms with E-state index in [1.165, 1.54) is 0 Å². The van der Waals surface area contributed by atoms with Crippen molar-refractivity contribution in [1.82, 2.24) is 0 Å². The van der Waals surface area contributed by atoms with E-state index in [1.807, 2.05) is 0 Å². The van der Waals surface area contributed by atoms with Crippen molar-refractivity contribution in [3.63, 3.8) is 0 Å². The third kappa shape index (κ3) is 1.68. The number of rotatable bonds is 2. The molecule has 2 rings (SSSR count). The predicted octanol–water partition coefficient (Wildman–Crippen LogP) is 2.67. The summed E-state index contributed by atoms with van der Waals surface area (Å²) in [5.74, 6) is -0.430. The highest BCUT2D eigenvalue weighted by atomic mass is 19.1. The van der Waals surface area contributed by atoms with Crippen molar-refractivity contribution >= 4 is 0 Å². The Labute approximate surface area is 84.8 Å². The molecule has 3 heteroatoms. The Morgan fingerprint density at radius 1 is 1.21 bits per heavy atom. The minimum absolute atomic E-state index is 0.178. The average molecular weight is 202 g/mol. The monoisotopic (exact) mass is 202 g/mol. The molecule has 1 aliphatic carbocycles. The van der Waals surface area contributed by atoms with Crippen molar-refractivity contribution in [2.45, 2.75) is 44.8 Å². The molecular formula is C11H19FO2. The summed E-state index contributed by atoms with van der Waals surface area (Å²) in [5, 5.41) is 0. The zero-order valence-corrected chi connectivity index (χ0v) is 8.85. The van der Waals surface area contributed by atoms with Crippen LogP contribution in [0.3, 0.4) is 0 Å². The fourth-order valence-corrected chi connectivity index (χ4v) is 2.73. The molecule has 1 heterocycles. The van der Waals surface area contributed by atoms with Gasteiger partial charge in [0.1, 0.15) is 0 Å². The first kappa shape index (κ1) is 10.4. The van der Waals surface area contributed by atoms with Gasteiger partial charge in [-0.05, 0) is 19.3 Å². The van der Waals surface area contributed by atoms with Crippen LogP contribution in [0.2, 0.25) is 0 Å².